The van der Waals surface area contributed by atoms with Crippen molar-refractivity contribution in [2.24, 2.45) is 0 Å². The Hall–Kier alpha value is -1.09. The van der Waals surface area contributed by atoms with Crippen molar-refractivity contribution in [2.45, 2.75) is 31.8 Å². The average Bonchev–Trinajstić information content (AvgIpc) is 3.11. The lowest BCUT2D eigenvalue weighted by atomic mass is 10.1. The highest BCUT2D eigenvalue weighted by atomic mass is 19.1. The number of nitrogens with one attached hydrogen (secondary N) is 1. The Bertz CT molecular complexity index is 374. The van der Waals surface area contributed by atoms with Crippen molar-refractivity contribution >= 4 is 5.69 Å². The zero-order chi connectivity index (χ0) is 11.7. The molecule has 1 atom stereocenters. The molecule has 1 aromatic rings. The second-order valence-corrected chi connectivity index (χ2v) is 4.56. The molecule has 1 aromatic carbocycles. The molecule has 0 spiro atoms. The summed E-state index contributed by atoms with van der Waals surface area (Å²) in [7, 11) is 3.99. The molecule has 0 aromatic heterocycles. The van der Waals surface area contributed by atoms with Crippen LogP contribution < -0.4 is 10.2 Å². The first-order valence-corrected chi connectivity index (χ1v) is 5.83. The Labute approximate surface area is 96.5 Å². The van der Waals surface area contributed by atoms with Crippen molar-refractivity contribution in [2.75, 3.05) is 19.0 Å². The fourth-order valence-electron chi connectivity index (χ4n) is 2.01. The number of benzene rings is 1. The molecule has 1 fully saturated rings. The summed E-state index contributed by atoms with van der Waals surface area (Å²) in [4.78, 5) is 2.27. The Morgan fingerprint density at radius 3 is 2.69 bits per heavy atom. The largest absolute Gasteiger partial charge is 0.371 e. The van der Waals surface area contributed by atoms with Crippen LogP contribution in [0.2, 0.25) is 0 Å². The molecule has 2 nitrogen and oxygen atoms in total. The van der Waals surface area contributed by atoms with Crippen molar-refractivity contribution < 1.29 is 4.39 Å². The SMILES string of the molecule is CNC(C)c1cc(F)ccc1N(C)C1CC1. The molecule has 1 saturated carbocycles. The number of rotatable bonds is 4. The molecule has 88 valence electrons. The molecule has 0 aliphatic heterocycles. The van der Waals surface area contributed by atoms with E-state index < -0.39 is 0 Å². The maximum Gasteiger partial charge on any atom is 0.123 e. The van der Waals surface area contributed by atoms with Gasteiger partial charge in [0.25, 0.3) is 0 Å². The molecule has 1 aliphatic carbocycles. The van der Waals surface area contributed by atoms with Crippen molar-refractivity contribution in [1.29, 1.82) is 0 Å². The van der Waals surface area contributed by atoms with Gasteiger partial charge in [0.15, 0.2) is 0 Å². The Morgan fingerprint density at radius 1 is 1.44 bits per heavy atom. The molecule has 0 heterocycles. The number of hydrogen-bond acceptors (Lipinski definition) is 2. The summed E-state index contributed by atoms with van der Waals surface area (Å²) in [5, 5.41) is 3.17. The van der Waals surface area contributed by atoms with E-state index in [4.69, 9.17) is 0 Å². The van der Waals surface area contributed by atoms with Crippen molar-refractivity contribution in [3.8, 4) is 0 Å². The van der Waals surface area contributed by atoms with Crippen LogP contribution in [0.4, 0.5) is 10.1 Å². The van der Waals surface area contributed by atoms with Crippen LogP contribution in [-0.2, 0) is 0 Å². The van der Waals surface area contributed by atoms with E-state index in [-0.39, 0.29) is 11.9 Å². The summed E-state index contributed by atoms with van der Waals surface area (Å²) in [5.74, 6) is -0.162. The monoisotopic (exact) mass is 222 g/mol. The molecule has 0 radical (unpaired) electrons. The number of hydrogen-bond donors (Lipinski definition) is 1. The third-order valence-electron chi connectivity index (χ3n) is 3.36. The van der Waals surface area contributed by atoms with Gasteiger partial charge in [0.05, 0.1) is 0 Å². The van der Waals surface area contributed by atoms with Crippen LogP contribution >= 0.6 is 0 Å². The second-order valence-electron chi connectivity index (χ2n) is 4.56. The molecule has 16 heavy (non-hydrogen) atoms. The van der Waals surface area contributed by atoms with E-state index in [0.717, 1.165) is 11.3 Å². The van der Waals surface area contributed by atoms with Gasteiger partial charge in [0.1, 0.15) is 5.82 Å². The molecule has 0 saturated heterocycles. The van der Waals surface area contributed by atoms with E-state index in [9.17, 15) is 4.39 Å². The fraction of sp³-hybridized carbons (Fsp3) is 0.538. The van der Waals surface area contributed by atoms with E-state index in [1.54, 1.807) is 12.1 Å². The summed E-state index contributed by atoms with van der Waals surface area (Å²) in [5.41, 5.74) is 2.18. The van der Waals surface area contributed by atoms with Gasteiger partial charge in [-0.1, -0.05) is 0 Å². The first-order valence-electron chi connectivity index (χ1n) is 5.83. The third kappa shape index (κ3) is 2.19. The van der Waals surface area contributed by atoms with Gasteiger partial charge in [-0.05, 0) is 50.6 Å². The van der Waals surface area contributed by atoms with Gasteiger partial charge >= 0.3 is 0 Å². The van der Waals surface area contributed by atoms with Crippen LogP contribution in [0.15, 0.2) is 18.2 Å². The van der Waals surface area contributed by atoms with Gasteiger partial charge in [-0.3, -0.25) is 0 Å². The maximum absolute atomic E-state index is 13.3. The van der Waals surface area contributed by atoms with E-state index in [2.05, 4.69) is 24.2 Å². The second kappa shape index (κ2) is 4.42. The highest BCUT2D eigenvalue weighted by molar-refractivity contribution is 5.56. The van der Waals surface area contributed by atoms with Crippen molar-refractivity contribution in [3.63, 3.8) is 0 Å². The van der Waals surface area contributed by atoms with Crippen LogP contribution in [0.3, 0.4) is 0 Å². The third-order valence-corrected chi connectivity index (χ3v) is 3.36. The number of halogens is 1. The normalized spacial score (nSPS) is 17.2. The minimum absolute atomic E-state index is 0.162. The molecular weight excluding hydrogens is 203 g/mol. The standard InChI is InChI=1S/C13H19FN2/c1-9(15-2)12-8-10(14)4-7-13(12)16(3)11-5-6-11/h4,7-9,11,15H,5-6H2,1-3H3. The molecular formula is C13H19FN2. The molecule has 2 rings (SSSR count). The highest BCUT2D eigenvalue weighted by Crippen LogP contribution is 2.34. The van der Waals surface area contributed by atoms with Gasteiger partial charge in [0.2, 0.25) is 0 Å². The molecule has 1 N–H and O–H groups in total. The molecule has 0 bridgehead atoms. The molecule has 0 amide bonds. The van der Waals surface area contributed by atoms with Crippen molar-refractivity contribution in [1.82, 2.24) is 5.32 Å². The van der Waals surface area contributed by atoms with Gasteiger partial charge in [-0.2, -0.15) is 0 Å². The lowest BCUT2D eigenvalue weighted by Crippen LogP contribution is -2.23. The van der Waals surface area contributed by atoms with Crippen LogP contribution in [0.1, 0.15) is 31.4 Å². The summed E-state index contributed by atoms with van der Waals surface area (Å²) in [6, 6.07) is 5.88. The summed E-state index contributed by atoms with van der Waals surface area (Å²) in [6.07, 6.45) is 2.50. The predicted octanol–water partition coefficient (Wildman–Crippen LogP) is 2.70. The smallest absolute Gasteiger partial charge is 0.123 e. The number of nitrogens with zero attached hydrogens (tertiary/aromatic N) is 1. The van der Waals surface area contributed by atoms with Crippen LogP contribution in [0.5, 0.6) is 0 Å². The van der Waals surface area contributed by atoms with E-state index in [1.807, 2.05) is 13.1 Å². The first-order chi connectivity index (χ1) is 7.63. The average molecular weight is 222 g/mol. The highest BCUT2D eigenvalue weighted by Gasteiger charge is 2.28. The van der Waals surface area contributed by atoms with Crippen molar-refractivity contribution in [3.05, 3.63) is 29.6 Å². The summed E-state index contributed by atoms with van der Waals surface area (Å²) >= 11 is 0. The van der Waals surface area contributed by atoms with Gasteiger partial charge in [-0.25, -0.2) is 4.39 Å². The zero-order valence-corrected chi connectivity index (χ0v) is 10.1. The first kappa shape index (κ1) is 11.4. The lowest BCUT2D eigenvalue weighted by molar-refractivity contribution is 0.607. The summed E-state index contributed by atoms with van der Waals surface area (Å²) in [6.45, 7) is 2.05. The number of anilines is 1. The minimum Gasteiger partial charge on any atom is -0.371 e. The maximum atomic E-state index is 13.3. The van der Waals surface area contributed by atoms with Crippen LogP contribution in [0, 0.1) is 5.82 Å². The topological polar surface area (TPSA) is 15.3 Å². The van der Waals surface area contributed by atoms with E-state index >= 15 is 0 Å². The minimum atomic E-state index is -0.162. The van der Waals surface area contributed by atoms with Crippen LogP contribution in [-0.4, -0.2) is 20.1 Å². The van der Waals surface area contributed by atoms with Gasteiger partial charge in [0, 0.05) is 24.8 Å². The Morgan fingerprint density at radius 2 is 2.12 bits per heavy atom. The molecule has 3 heteroatoms. The predicted molar refractivity (Wildman–Crippen MR) is 65.3 cm³/mol. The van der Waals surface area contributed by atoms with Gasteiger partial charge in [-0.15, -0.1) is 0 Å². The van der Waals surface area contributed by atoms with E-state index in [0.29, 0.717) is 6.04 Å². The van der Waals surface area contributed by atoms with Gasteiger partial charge < -0.3 is 10.2 Å². The molecule has 1 unspecified atom stereocenters. The quantitative estimate of drug-likeness (QED) is 0.842. The van der Waals surface area contributed by atoms with Crippen LogP contribution in [0.25, 0.3) is 0 Å². The zero-order valence-electron chi connectivity index (χ0n) is 10.1. The Balaban J connectivity index is 2.34. The molecule has 1 aliphatic rings. The lowest BCUT2D eigenvalue weighted by Gasteiger charge is -2.25. The Kier molecular flexibility index (Phi) is 3.15. The fourth-order valence-corrected chi connectivity index (χ4v) is 2.01. The summed E-state index contributed by atoms with van der Waals surface area (Å²) < 4.78 is 13.3. The van der Waals surface area contributed by atoms with E-state index in [1.165, 1.54) is 12.8 Å².